The number of nitrogens with zero attached hydrogens (tertiary/aromatic N) is 1. The Morgan fingerprint density at radius 1 is 0.884 bits per heavy atom. The van der Waals surface area contributed by atoms with E-state index in [1.807, 2.05) is 6.07 Å². The van der Waals surface area contributed by atoms with Gasteiger partial charge in [0.05, 0.1) is 36.4 Å². The molecule has 0 bridgehead atoms. The predicted octanol–water partition coefficient (Wildman–Crippen LogP) is 7.93. The number of para-hydroxylation sites is 1. The van der Waals surface area contributed by atoms with E-state index >= 15 is 4.39 Å². The van der Waals surface area contributed by atoms with E-state index in [9.17, 15) is 35.9 Å². The zero-order valence-corrected chi connectivity index (χ0v) is 23.4. The molecule has 0 fully saturated rings. The molecule has 3 rings (SSSR count). The number of anilines is 2. The van der Waals surface area contributed by atoms with Gasteiger partial charge in [-0.3, -0.25) is 9.59 Å². The van der Waals surface area contributed by atoms with E-state index in [0.29, 0.717) is 23.3 Å². The van der Waals surface area contributed by atoms with Crippen LogP contribution >= 0.6 is 0 Å². The minimum absolute atomic E-state index is 0.0162. The van der Waals surface area contributed by atoms with Gasteiger partial charge in [-0.05, 0) is 72.9 Å². The number of aryl methyl sites for hydroxylation is 3. The highest BCUT2D eigenvalue weighted by atomic mass is 19.4. The van der Waals surface area contributed by atoms with Gasteiger partial charge in [0, 0.05) is 11.3 Å². The Labute approximate surface area is 242 Å². The van der Waals surface area contributed by atoms with Crippen LogP contribution in [0.15, 0.2) is 48.5 Å². The van der Waals surface area contributed by atoms with Gasteiger partial charge in [0.2, 0.25) is 5.67 Å². The number of nitriles is 1. The molecule has 0 heterocycles. The molecular formula is C30H26F7N3O3. The molecule has 0 radical (unpaired) electrons. The van der Waals surface area contributed by atoms with Crippen molar-refractivity contribution in [2.75, 3.05) is 17.7 Å². The first-order valence-corrected chi connectivity index (χ1v) is 12.7. The second kappa shape index (κ2) is 12.3. The number of carbonyl (C=O) groups is 2. The van der Waals surface area contributed by atoms with Gasteiger partial charge < -0.3 is 15.4 Å². The zero-order valence-electron chi connectivity index (χ0n) is 23.4. The maximum Gasteiger partial charge on any atom is 0.427 e. The second-order valence-corrected chi connectivity index (χ2v) is 9.71. The Bertz CT molecular complexity index is 1590. The van der Waals surface area contributed by atoms with Gasteiger partial charge in [0.15, 0.2) is 5.75 Å². The highest BCUT2D eigenvalue weighted by molar-refractivity contribution is 6.10. The number of methoxy groups -OCH3 is 1. The summed E-state index contributed by atoms with van der Waals surface area (Å²) in [6.07, 6.45) is -14.1. The summed E-state index contributed by atoms with van der Waals surface area (Å²) in [5.74, 6) is -1.43. The van der Waals surface area contributed by atoms with Gasteiger partial charge in [-0.25, -0.2) is 4.39 Å². The Kier molecular flexibility index (Phi) is 9.43. The Morgan fingerprint density at radius 2 is 1.53 bits per heavy atom. The molecule has 13 heteroatoms. The van der Waals surface area contributed by atoms with Crippen LogP contribution in [0.4, 0.5) is 42.1 Å². The number of carbonyl (C=O) groups excluding carboxylic acids is 2. The monoisotopic (exact) mass is 609 g/mol. The van der Waals surface area contributed by atoms with E-state index in [4.69, 9.17) is 10.00 Å². The van der Waals surface area contributed by atoms with Crippen molar-refractivity contribution < 1.29 is 45.1 Å². The maximum absolute atomic E-state index is 15.1. The number of ether oxygens (including phenoxy) is 1. The molecule has 228 valence electrons. The zero-order chi connectivity index (χ0) is 32.3. The molecule has 1 unspecified atom stereocenters. The lowest BCUT2D eigenvalue weighted by Crippen LogP contribution is -2.42. The molecule has 3 aromatic carbocycles. The smallest absolute Gasteiger partial charge is 0.427 e. The maximum atomic E-state index is 15.1. The van der Waals surface area contributed by atoms with E-state index in [-0.39, 0.29) is 45.8 Å². The fourth-order valence-electron chi connectivity index (χ4n) is 4.58. The van der Waals surface area contributed by atoms with Crippen molar-refractivity contribution in [3.8, 4) is 11.8 Å². The van der Waals surface area contributed by atoms with E-state index in [0.717, 1.165) is 0 Å². The molecule has 43 heavy (non-hydrogen) atoms. The van der Waals surface area contributed by atoms with Gasteiger partial charge in [-0.15, -0.1) is 0 Å². The van der Waals surface area contributed by atoms with Crippen LogP contribution in [0.3, 0.4) is 0 Å². The first-order valence-electron chi connectivity index (χ1n) is 12.7. The van der Waals surface area contributed by atoms with E-state index in [2.05, 4.69) is 10.6 Å². The van der Waals surface area contributed by atoms with Gasteiger partial charge in [-0.2, -0.15) is 31.6 Å². The lowest BCUT2D eigenvalue weighted by atomic mass is 9.87. The second-order valence-electron chi connectivity index (χ2n) is 9.71. The SMILES string of the molecule is CCc1cc(C(F)(CC(F)(F)F)C(F)(F)F)cc(C)c1NC(=O)c1cccc(NC(=O)c2ccc(C#N)cc2C)c1OC. The summed E-state index contributed by atoms with van der Waals surface area (Å²) in [4.78, 5) is 26.3. The minimum Gasteiger partial charge on any atom is -0.494 e. The van der Waals surface area contributed by atoms with Crippen LogP contribution in [0.5, 0.6) is 5.75 Å². The highest BCUT2D eigenvalue weighted by Crippen LogP contribution is 2.50. The van der Waals surface area contributed by atoms with Gasteiger partial charge in [0.1, 0.15) is 0 Å². The summed E-state index contributed by atoms with van der Waals surface area (Å²) in [6.45, 7) is 4.35. The highest BCUT2D eigenvalue weighted by Gasteiger charge is 2.62. The van der Waals surface area contributed by atoms with Crippen molar-refractivity contribution in [1.82, 2.24) is 0 Å². The molecule has 0 saturated carbocycles. The van der Waals surface area contributed by atoms with Crippen LogP contribution in [0.1, 0.15) is 61.9 Å². The summed E-state index contributed by atoms with van der Waals surface area (Å²) < 4.78 is 100. The summed E-state index contributed by atoms with van der Waals surface area (Å²) in [7, 11) is 1.24. The van der Waals surface area contributed by atoms with Crippen LogP contribution in [0.25, 0.3) is 0 Å². The molecule has 0 spiro atoms. The summed E-state index contributed by atoms with van der Waals surface area (Å²) in [6, 6.07) is 12.0. The third kappa shape index (κ3) is 7.07. The molecule has 0 aliphatic carbocycles. The van der Waals surface area contributed by atoms with Crippen molar-refractivity contribution >= 4 is 23.2 Å². The fraction of sp³-hybridized carbons (Fsp3) is 0.300. The molecule has 2 amide bonds. The molecular weight excluding hydrogens is 583 g/mol. The summed E-state index contributed by atoms with van der Waals surface area (Å²) in [5.41, 5.74) is -4.93. The lowest BCUT2D eigenvalue weighted by molar-refractivity contribution is -0.273. The van der Waals surface area contributed by atoms with Crippen LogP contribution in [-0.4, -0.2) is 31.3 Å². The van der Waals surface area contributed by atoms with Crippen LogP contribution in [0, 0.1) is 25.2 Å². The standard InChI is InChI=1S/C30H26F7N3O3/c1-5-19-13-20(28(31,30(35,36)37)15-29(32,33)34)12-17(3)24(19)40-27(42)22-7-6-8-23(25(22)43-4)39-26(41)21-10-9-18(14-38)11-16(21)2/h6-13H,5,15H2,1-4H3,(H,39,41)(H,40,42). The van der Waals surface area contributed by atoms with Gasteiger partial charge in [-0.1, -0.05) is 25.1 Å². The van der Waals surface area contributed by atoms with Crippen LogP contribution in [-0.2, 0) is 12.1 Å². The minimum atomic E-state index is -5.86. The molecule has 1 atom stereocenters. The first-order chi connectivity index (χ1) is 20.0. The van der Waals surface area contributed by atoms with Crippen molar-refractivity contribution in [1.29, 1.82) is 5.26 Å². The number of alkyl halides is 7. The van der Waals surface area contributed by atoms with Crippen LogP contribution in [0.2, 0.25) is 0 Å². The lowest BCUT2D eigenvalue weighted by Gasteiger charge is -2.30. The Balaban J connectivity index is 1.98. The van der Waals surface area contributed by atoms with E-state index in [1.165, 1.54) is 57.4 Å². The number of amides is 2. The number of halogens is 7. The number of hydrogen-bond donors (Lipinski definition) is 2. The van der Waals surface area contributed by atoms with E-state index in [1.54, 1.807) is 6.92 Å². The summed E-state index contributed by atoms with van der Waals surface area (Å²) in [5, 5.41) is 14.2. The number of benzene rings is 3. The first kappa shape index (κ1) is 32.9. The van der Waals surface area contributed by atoms with Crippen molar-refractivity contribution in [2.24, 2.45) is 0 Å². The normalized spacial score (nSPS) is 13.1. The number of rotatable bonds is 8. The number of nitrogens with one attached hydrogen (secondary N) is 2. The third-order valence-corrected chi connectivity index (χ3v) is 6.70. The largest absolute Gasteiger partial charge is 0.494 e. The van der Waals surface area contributed by atoms with E-state index < -0.39 is 41.8 Å². The number of hydrogen-bond acceptors (Lipinski definition) is 4. The molecule has 0 aliphatic heterocycles. The summed E-state index contributed by atoms with van der Waals surface area (Å²) >= 11 is 0. The topological polar surface area (TPSA) is 91.2 Å². The Hall–Kier alpha value is -4.60. The molecule has 6 nitrogen and oxygen atoms in total. The quantitative estimate of drug-likeness (QED) is 0.254. The molecule has 3 aromatic rings. The third-order valence-electron chi connectivity index (χ3n) is 6.70. The Morgan fingerprint density at radius 3 is 2.07 bits per heavy atom. The molecule has 0 saturated heterocycles. The van der Waals surface area contributed by atoms with Crippen LogP contribution < -0.4 is 15.4 Å². The fourth-order valence-corrected chi connectivity index (χ4v) is 4.58. The average molecular weight is 610 g/mol. The molecule has 0 aromatic heterocycles. The van der Waals surface area contributed by atoms with Crippen molar-refractivity contribution in [3.63, 3.8) is 0 Å². The predicted molar refractivity (Wildman–Crippen MR) is 145 cm³/mol. The molecule has 0 aliphatic rings. The van der Waals surface area contributed by atoms with Gasteiger partial charge in [0.25, 0.3) is 11.8 Å². The van der Waals surface area contributed by atoms with Gasteiger partial charge >= 0.3 is 12.4 Å². The van der Waals surface area contributed by atoms with Crippen molar-refractivity contribution in [3.05, 3.63) is 87.5 Å². The van der Waals surface area contributed by atoms with Crippen molar-refractivity contribution in [2.45, 2.75) is 51.6 Å². The average Bonchev–Trinajstić information content (AvgIpc) is 2.91. The molecule has 2 N–H and O–H groups in total.